The van der Waals surface area contributed by atoms with Crippen molar-refractivity contribution >= 4 is 23.1 Å². The summed E-state index contributed by atoms with van der Waals surface area (Å²) >= 11 is 0. The topological polar surface area (TPSA) is 14.1 Å². The predicted molar refractivity (Wildman–Crippen MR) is 51.1 cm³/mol. The average Bonchev–Trinajstić information content (AvgIpc) is 1.77. The maximum Gasteiger partial charge on any atom is 2.00 e. The minimum Gasteiger partial charge on any atom is -1.00 e. The van der Waals surface area contributed by atoms with E-state index in [2.05, 4.69) is 33.0 Å². The summed E-state index contributed by atoms with van der Waals surface area (Å²) in [6.45, 7) is 10.2. The van der Waals surface area contributed by atoms with E-state index in [0.717, 1.165) is 6.54 Å². The van der Waals surface area contributed by atoms with Crippen molar-refractivity contribution in [3.05, 3.63) is 5.32 Å². The smallest absolute Gasteiger partial charge is 1.00 e. The van der Waals surface area contributed by atoms with Crippen molar-refractivity contribution < 1.29 is 74.9 Å². The molecule has 0 saturated carbocycles. The average molecular weight is 285 g/mol. The third-order valence-corrected chi connectivity index (χ3v) is 3.12. The van der Waals surface area contributed by atoms with Gasteiger partial charge < -0.3 is 42.5 Å². The third kappa shape index (κ3) is 9.69. The van der Waals surface area contributed by atoms with Crippen LogP contribution < -0.4 is 74.9 Å². The van der Waals surface area contributed by atoms with E-state index in [1.54, 1.807) is 0 Å². The summed E-state index contributed by atoms with van der Waals surface area (Å²) in [5, 5.41) is 4.61. The van der Waals surface area contributed by atoms with Gasteiger partial charge in [-0.15, -0.1) is 12.1 Å². The Labute approximate surface area is 160 Å². The van der Waals surface area contributed by atoms with Gasteiger partial charge in [-0.05, 0) is 5.41 Å². The molecule has 0 bridgehead atoms. The molecule has 0 N–H and O–H groups in total. The van der Waals surface area contributed by atoms with Crippen LogP contribution in [0.25, 0.3) is 5.32 Å². The maximum absolute atomic E-state index is 4.61. The number of hydrogen-bond acceptors (Lipinski definition) is 0. The quantitative estimate of drug-likeness (QED) is 0.392. The van der Waals surface area contributed by atoms with Crippen LogP contribution in [0, 0.1) is 5.41 Å². The van der Waals surface area contributed by atoms with Crippen molar-refractivity contribution in [1.29, 1.82) is 0 Å². The summed E-state index contributed by atoms with van der Waals surface area (Å²) in [5.41, 5.74) is 0.608. The van der Waals surface area contributed by atoms with Crippen LogP contribution in [0.5, 0.6) is 0 Å². The number of nitrogens with zero attached hydrogens (tertiary/aromatic N) is 1. The van der Waals surface area contributed by atoms with Crippen molar-refractivity contribution in [2.24, 2.45) is 5.41 Å². The van der Waals surface area contributed by atoms with Crippen molar-refractivity contribution in [3.63, 3.8) is 0 Å². The van der Waals surface area contributed by atoms with Gasteiger partial charge in [0.15, 0.2) is 0 Å². The fourth-order valence-electron chi connectivity index (χ4n) is 1.40. The first-order valence-corrected chi connectivity index (χ1v) is 4.14. The molecule has 0 aliphatic carbocycles. The standard InChI is InChI=1S/C9H18N.3ClH.2Li.Mg/c1-8(2)6-5-7-10-9(8,3)4;;;;;;/h5-7H2,1-4H3;3*1H;;;/q-1;;;;2*+1;+2/p-3. The zero-order valence-corrected chi connectivity index (χ0v) is 15.1. The molecule has 16 heavy (non-hydrogen) atoms. The molecule has 1 fully saturated rings. The molecule has 84 valence electrons. The van der Waals surface area contributed by atoms with E-state index in [0.29, 0.717) is 5.41 Å². The van der Waals surface area contributed by atoms with E-state index in [1.165, 1.54) is 12.8 Å². The van der Waals surface area contributed by atoms with Gasteiger partial charge in [-0.1, -0.05) is 40.5 Å². The summed E-state index contributed by atoms with van der Waals surface area (Å²) in [5.74, 6) is 0. The SMILES string of the molecule is CC1(C)CCC[N-]C1(C)C.[Cl-].[Cl-].[Cl-].[Li+].[Li+].[Mg+2]. The summed E-state index contributed by atoms with van der Waals surface area (Å²) in [7, 11) is 0. The van der Waals surface area contributed by atoms with Crippen LogP contribution in [0.4, 0.5) is 0 Å². The van der Waals surface area contributed by atoms with Crippen molar-refractivity contribution in [2.45, 2.75) is 46.1 Å². The largest absolute Gasteiger partial charge is 2.00 e. The van der Waals surface area contributed by atoms with Gasteiger partial charge in [-0.25, -0.2) is 0 Å². The first kappa shape index (κ1) is 36.4. The van der Waals surface area contributed by atoms with Gasteiger partial charge in [0, 0.05) is 0 Å². The Balaban J connectivity index is -0.0000000417. The van der Waals surface area contributed by atoms with Gasteiger partial charge in [-0.2, -0.15) is 0 Å². The van der Waals surface area contributed by atoms with Gasteiger partial charge in [0.05, 0.1) is 0 Å². The fourth-order valence-corrected chi connectivity index (χ4v) is 1.40. The number of halogens is 3. The Bertz CT molecular complexity index is 133. The second kappa shape index (κ2) is 14.2. The van der Waals surface area contributed by atoms with Crippen LogP contribution in [0.15, 0.2) is 0 Å². The number of hydrogen-bond donors (Lipinski definition) is 0. The molecule has 1 saturated heterocycles. The van der Waals surface area contributed by atoms with E-state index in [-0.39, 0.29) is 104 Å². The summed E-state index contributed by atoms with van der Waals surface area (Å²) in [6.07, 6.45) is 2.60. The molecule has 1 aliphatic heterocycles. The molecule has 1 heterocycles. The van der Waals surface area contributed by atoms with Crippen LogP contribution in [0.1, 0.15) is 40.5 Å². The zero-order chi connectivity index (χ0) is 7.83. The van der Waals surface area contributed by atoms with Crippen LogP contribution in [-0.4, -0.2) is 35.1 Å². The van der Waals surface area contributed by atoms with Crippen LogP contribution in [0.2, 0.25) is 0 Å². The number of rotatable bonds is 0. The van der Waals surface area contributed by atoms with E-state index in [9.17, 15) is 0 Å². The molecule has 0 aromatic heterocycles. The van der Waals surface area contributed by atoms with Crippen molar-refractivity contribution in [1.82, 2.24) is 0 Å². The predicted octanol–water partition coefficient (Wildman–Crippen LogP) is -12.4. The molecule has 0 radical (unpaired) electrons. The summed E-state index contributed by atoms with van der Waals surface area (Å²) in [6, 6.07) is 0. The Hall–Kier alpha value is 2.79. The first-order valence-electron chi connectivity index (χ1n) is 4.14. The monoisotopic (exact) mass is 283 g/mol. The number of piperidine rings is 1. The Kier molecular flexibility index (Phi) is 32.3. The molecule has 0 atom stereocenters. The van der Waals surface area contributed by atoms with Crippen molar-refractivity contribution in [3.8, 4) is 0 Å². The van der Waals surface area contributed by atoms with E-state index in [1.807, 2.05) is 0 Å². The van der Waals surface area contributed by atoms with E-state index < -0.39 is 0 Å². The Morgan fingerprint density at radius 1 is 0.875 bits per heavy atom. The molecule has 7 heteroatoms. The molecule has 0 spiro atoms. The van der Waals surface area contributed by atoms with Crippen LogP contribution in [0.3, 0.4) is 0 Å². The third-order valence-electron chi connectivity index (χ3n) is 3.12. The van der Waals surface area contributed by atoms with Gasteiger partial charge in [0.1, 0.15) is 0 Å². The first-order chi connectivity index (χ1) is 4.46. The molecular weight excluding hydrogens is 267 g/mol. The Morgan fingerprint density at radius 2 is 1.25 bits per heavy atom. The molecule has 0 unspecified atom stereocenters. The molecule has 0 aromatic rings. The molecule has 0 aromatic carbocycles. The van der Waals surface area contributed by atoms with E-state index in [4.69, 9.17) is 0 Å². The van der Waals surface area contributed by atoms with Gasteiger partial charge in [0.2, 0.25) is 0 Å². The Morgan fingerprint density at radius 3 is 1.44 bits per heavy atom. The normalized spacial score (nSPS) is 18.8. The molecule has 0 amide bonds. The maximum atomic E-state index is 4.61. The summed E-state index contributed by atoms with van der Waals surface area (Å²) < 4.78 is 0. The fraction of sp³-hybridized carbons (Fsp3) is 1.00. The summed E-state index contributed by atoms with van der Waals surface area (Å²) in [4.78, 5) is 0. The molecule has 1 nitrogen and oxygen atoms in total. The van der Waals surface area contributed by atoms with Crippen LogP contribution in [-0.2, 0) is 0 Å². The molecule has 1 aliphatic rings. The zero-order valence-electron chi connectivity index (χ0n) is 11.4. The van der Waals surface area contributed by atoms with Crippen molar-refractivity contribution in [2.75, 3.05) is 6.54 Å². The van der Waals surface area contributed by atoms with Crippen LogP contribution >= 0.6 is 0 Å². The minimum absolute atomic E-state index is 0. The van der Waals surface area contributed by atoms with Gasteiger partial charge in [-0.3, -0.25) is 0 Å². The van der Waals surface area contributed by atoms with Gasteiger partial charge >= 0.3 is 60.8 Å². The molecule has 1 rings (SSSR count). The second-order valence-electron chi connectivity index (χ2n) is 4.43. The van der Waals surface area contributed by atoms with E-state index >= 15 is 0 Å². The van der Waals surface area contributed by atoms with Gasteiger partial charge in [0.25, 0.3) is 0 Å². The second-order valence-corrected chi connectivity index (χ2v) is 4.43. The molecular formula is C9H18Cl3Li2MgN. The minimum atomic E-state index is 0.